The van der Waals surface area contributed by atoms with Gasteiger partial charge in [-0.2, -0.15) is 14.4 Å². The van der Waals surface area contributed by atoms with Gasteiger partial charge in [0.1, 0.15) is 11.5 Å². The molecule has 2 rings (SSSR count). The van der Waals surface area contributed by atoms with Crippen molar-refractivity contribution in [3.63, 3.8) is 0 Å². The Hall–Kier alpha value is -2.45. The van der Waals surface area contributed by atoms with E-state index in [0.717, 1.165) is 0 Å². The fourth-order valence-electron chi connectivity index (χ4n) is 1.56. The molecular formula is C13H13N3O4S. The highest BCUT2D eigenvalue weighted by Gasteiger charge is 2.01. The first-order valence-corrected chi connectivity index (χ1v) is 6.86. The van der Waals surface area contributed by atoms with Crippen molar-refractivity contribution >= 4 is 28.4 Å². The summed E-state index contributed by atoms with van der Waals surface area (Å²) >= 11 is -2.37. The predicted molar refractivity (Wildman–Crippen MR) is 79.4 cm³/mol. The molecule has 0 bridgehead atoms. The van der Waals surface area contributed by atoms with Crippen molar-refractivity contribution < 1.29 is 17.7 Å². The van der Waals surface area contributed by atoms with Crippen molar-refractivity contribution in [3.05, 3.63) is 42.5 Å². The molecule has 0 aliphatic heterocycles. The van der Waals surface area contributed by atoms with Crippen LogP contribution in [0.2, 0.25) is 0 Å². The van der Waals surface area contributed by atoms with Crippen molar-refractivity contribution in [1.29, 1.82) is 0 Å². The quantitative estimate of drug-likeness (QED) is 0.501. The van der Waals surface area contributed by atoms with Gasteiger partial charge in [-0.15, -0.1) is 0 Å². The maximum atomic E-state index is 10.6. The smallest absolute Gasteiger partial charge is 0.357 e. The fourth-order valence-corrected chi connectivity index (χ4v) is 1.83. The number of hydrogen-bond acceptors (Lipinski definition) is 6. The molecule has 3 N–H and O–H groups in total. The van der Waals surface area contributed by atoms with E-state index in [1.165, 1.54) is 13.2 Å². The van der Waals surface area contributed by atoms with Crippen molar-refractivity contribution in [2.45, 2.75) is 0 Å². The summed E-state index contributed by atoms with van der Waals surface area (Å²) in [7, 11) is 1.52. The van der Waals surface area contributed by atoms with Crippen LogP contribution < -0.4 is 14.7 Å². The second kappa shape index (κ2) is 6.82. The van der Waals surface area contributed by atoms with E-state index in [0.29, 0.717) is 22.8 Å². The lowest BCUT2D eigenvalue weighted by Gasteiger charge is -2.04. The van der Waals surface area contributed by atoms with Crippen molar-refractivity contribution in [2.75, 3.05) is 12.8 Å². The van der Waals surface area contributed by atoms with Crippen LogP contribution in [0.1, 0.15) is 0 Å². The van der Waals surface area contributed by atoms with E-state index in [4.69, 9.17) is 15.0 Å². The Labute approximate surface area is 123 Å². The first-order valence-electron chi connectivity index (χ1n) is 5.83. The first-order chi connectivity index (χ1) is 10.1. The summed E-state index contributed by atoms with van der Waals surface area (Å²) in [5.41, 5.74) is 7.27. The van der Waals surface area contributed by atoms with E-state index < -0.39 is 11.4 Å². The van der Waals surface area contributed by atoms with Crippen LogP contribution in [0.25, 0.3) is 0 Å². The average molecular weight is 307 g/mol. The Kier molecular flexibility index (Phi) is 4.85. The topological polar surface area (TPSA) is 106 Å². The highest BCUT2D eigenvalue weighted by molar-refractivity contribution is 7.74. The standard InChI is InChI=1S/C13H13N3O4S/c1-19-13-8-10(5-6-12(13)14)16-15-9-3-2-4-11(7-9)20-21(17)18/h2-8H,14H2,1H3,(H,17,18). The van der Waals surface area contributed by atoms with Crippen LogP contribution in [-0.2, 0) is 11.4 Å². The third-order valence-corrected chi connectivity index (χ3v) is 2.82. The molecule has 2 aromatic rings. The number of nitrogens with two attached hydrogens (primary N) is 1. The van der Waals surface area contributed by atoms with Gasteiger partial charge in [-0.1, -0.05) is 6.07 Å². The van der Waals surface area contributed by atoms with Crippen LogP contribution in [0, 0.1) is 0 Å². The molecule has 0 saturated carbocycles. The Morgan fingerprint density at radius 3 is 2.52 bits per heavy atom. The number of nitrogens with zero attached hydrogens (tertiary/aromatic N) is 2. The molecule has 0 aliphatic rings. The fraction of sp³-hybridized carbons (Fsp3) is 0.0769. The van der Waals surface area contributed by atoms with E-state index in [1.54, 1.807) is 36.4 Å². The summed E-state index contributed by atoms with van der Waals surface area (Å²) in [6, 6.07) is 11.4. The highest BCUT2D eigenvalue weighted by atomic mass is 32.2. The average Bonchev–Trinajstić information content (AvgIpc) is 2.46. The first kappa shape index (κ1) is 14.9. The van der Waals surface area contributed by atoms with Gasteiger partial charge in [0.2, 0.25) is 0 Å². The molecule has 0 aromatic heterocycles. The molecule has 0 heterocycles. The summed E-state index contributed by atoms with van der Waals surface area (Å²) in [6.07, 6.45) is 0. The van der Waals surface area contributed by atoms with Gasteiger partial charge in [-0.25, -0.2) is 0 Å². The van der Waals surface area contributed by atoms with Gasteiger partial charge >= 0.3 is 11.4 Å². The molecule has 0 spiro atoms. The van der Waals surface area contributed by atoms with Crippen LogP contribution in [0.4, 0.5) is 17.1 Å². The minimum absolute atomic E-state index is 0.224. The van der Waals surface area contributed by atoms with Gasteiger partial charge < -0.3 is 14.7 Å². The molecule has 0 amide bonds. The second-order valence-corrected chi connectivity index (χ2v) is 4.52. The third kappa shape index (κ3) is 4.26. The number of anilines is 1. The third-order valence-electron chi connectivity index (χ3n) is 2.48. The van der Waals surface area contributed by atoms with Crippen LogP contribution in [0.15, 0.2) is 52.7 Å². The zero-order chi connectivity index (χ0) is 15.2. The minimum atomic E-state index is -2.37. The van der Waals surface area contributed by atoms with Crippen molar-refractivity contribution in [2.24, 2.45) is 10.2 Å². The van der Waals surface area contributed by atoms with E-state index in [1.807, 2.05) is 0 Å². The van der Waals surface area contributed by atoms with Gasteiger partial charge in [0.25, 0.3) is 0 Å². The summed E-state index contributed by atoms with van der Waals surface area (Å²) in [6.45, 7) is 0. The summed E-state index contributed by atoms with van der Waals surface area (Å²) in [5, 5.41) is 8.06. The molecule has 0 aliphatic carbocycles. The number of benzene rings is 2. The Morgan fingerprint density at radius 2 is 1.86 bits per heavy atom. The van der Waals surface area contributed by atoms with Crippen LogP contribution in [0.5, 0.6) is 11.5 Å². The van der Waals surface area contributed by atoms with E-state index in [2.05, 4.69) is 14.4 Å². The lowest BCUT2D eigenvalue weighted by Crippen LogP contribution is -1.96. The molecule has 21 heavy (non-hydrogen) atoms. The SMILES string of the molecule is COc1cc(N=Nc2cccc(OS(=O)O)c2)ccc1N. The van der Waals surface area contributed by atoms with Gasteiger partial charge in [0.15, 0.2) is 0 Å². The molecule has 7 nitrogen and oxygen atoms in total. The highest BCUT2D eigenvalue weighted by Crippen LogP contribution is 2.28. The molecule has 110 valence electrons. The van der Waals surface area contributed by atoms with Crippen LogP contribution >= 0.6 is 0 Å². The lowest BCUT2D eigenvalue weighted by molar-refractivity contribution is 0.417. The molecule has 8 heteroatoms. The minimum Gasteiger partial charge on any atom is -0.495 e. The maximum Gasteiger partial charge on any atom is 0.357 e. The maximum absolute atomic E-state index is 10.6. The number of hydrogen-bond donors (Lipinski definition) is 2. The van der Waals surface area contributed by atoms with Gasteiger partial charge in [0, 0.05) is 12.1 Å². The second-order valence-electron chi connectivity index (χ2n) is 3.92. The Bertz CT molecular complexity index is 691. The van der Waals surface area contributed by atoms with Gasteiger partial charge in [-0.3, -0.25) is 4.55 Å². The Balaban J connectivity index is 2.19. The van der Waals surface area contributed by atoms with E-state index in [-0.39, 0.29) is 5.75 Å². The van der Waals surface area contributed by atoms with Crippen LogP contribution in [-0.4, -0.2) is 15.9 Å². The van der Waals surface area contributed by atoms with Crippen LogP contribution in [0.3, 0.4) is 0 Å². The zero-order valence-electron chi connectivity index (χ0n) is 11.1. The summed E-state index contributed by atoms with van der Waals surface area (Å²) in [4.78, 5) is 0. The van der Waals surface area contributed by atoms with Gasteiger partial charge in [0.05, 0.1) is 24.2 Å². The number of rotatable bonds is 5. The molecule has 2 aromatic carbocycles. The largest absolute Gasteiger partial charge is 0.495 e. The molecule has 0 fully saturated rings. The van der Waals surface area contributed by atoms with Gasteiger partial charge in [-0.05, 0) is 24.3 Å². The molecule has 1 unspecified atom stereocenters. The van der Waals surface area contributed by atoms with Crippen molar-refractivity contribution in [3.8, 4) is 11.5 Å². The number of nitrogen functional groups attached to an aromatic ring is 1. The predicted octanol–water partition coefficient (Wildman–Crippen LogP) is 3.21. The molecule has 1 atom stereocenters. The zero-order valence-corrected chi connectivity index (χ0v) is 11.9. The summed E-state index contributed by atoms with van der Waals surface area (Å²) in [5.74, 6) is 0.737. The number of azo groups is 1. The normalized spacial score (nSPS) is 12.3. The lowest BCUT2D eigenvalue weighted by atomic mass is 10.2. The number of ether oxygens (including phenoxy) is 1. The number of methoxy groups -OCH3 is 1. The molecule has 0 saturated heterocycles. The molecule has 0 radical (unpaired) electrons. The van der Waals surface area contributed by atoms with E-state index >= 15 is 0 Å². The summed E-state index contributed by atoms with van der Waals surface area (Å²) < 4.78 is 29.0. The monoisotopic (exact) mass is 307 g/mol. The van der Waals surface area contributed by atoms with Crippen molar-refractivity contribution in [1.82, 2.24) is 0 Å². The molecular weight excluding hydrogens is 294 g/mol. The Morgan fingerprint density at radius 1 is 1.14 bits per heavy atom. The van der Waals surface area contributed by atoms with E-state index in [9.17, 15) is 4.21 Å².